The number of aliphatic hydroxyl groups is 1. The quantitative estimate of drug-likeness (QED) is 0.654. The van der Waals surface area contributed by atoms with Crippen molar-refractivity contribution in [2.75, 3.05) is 13.2 Å². The number of rotatable bonds is 4. The fourth-order valence-electron chi connectivity index (χ4n) is 2.27. The topological polar surface area (TPSA) is 99.5 Å². The highest BCUT2D eigenvalue weighted by Crippen LogP contribution is 2.14. The Morgan fingerprint density at radius 1 is 1.45 bits per heavy atom. The Bertz CT molecular complexity index is 897. The summed E-state index contributed by atoms with van der Waals surface area (Å²) in [5.74, 6) is -0.369. The summed E-state index contributed by atoms with van der Waals surface area (Å²) in [4.78, 5) is 27.0. The molecule has 2 heterocycles. The van der Waals surface area contributed by atoms with Crippen molar-refractivity contribution in [3.05, 3.63) is 46.4 Å². The summed E-state index contributed by atoms with van der Waals surface area (Å²) in [6, 6.07) is 7.07. The monoisotopic (exact) mass is 300 g/mol. The molecule has 0 fully saturated rings. The van der Waals surface area contributed by atoms with Gasteiger partial charge in [0.15, 0.2) is 0 Å². The van der Waals surface area contributed by atoms with Crippen LogP contribution in [0, 0.1) is 5.92 Å². The normalized spacial score (nSPS) is 12.6. The highest BCUT2D eigenvalue weighted by atomic mass is 16.3. The number of aromatic nitrogens is 3. The first-order valence-electron chi connectivity index (χ1n) is 6.99. The molecule has 3 rings (SSSR count). The van der Waals surface area contributed by atoms with E-state index >= 15 is 0 Å². The van der Waals surface area contributed by atoms with Gasteiger partial charge < -0.3 is 15.4 Å². The minimum atomic E-state index is -0.332. The Labute approximate surface area is 125 Å². The smallest absolute Gasteiger partial charge is 0.259 e. The lowest BCUT2D eigenvalue weighted by atomic mass is 10.2. The predicted molar refractivity (Wildman–Crippen MR) is 81.9 cm³/mol. The second-order valence-electron chi connectivity index (χ2n) is 5.29. The fraction of sp³-hybridized carbons (Fsp3) is 0.267. The van der Waals surface area contributed by atoms with E-state index in [1.165, 1.54) is 6.20 Å². The van der Waals surface area contributed by atoms with Crippen LogP contribution in [0.15, 0.2) is 35.3 Å². The number of nitrogens with zero attached hydrogens (tertiary/aromatic N) is 2. The molecule has 0 spiro atoms. The molecule has 114 valence electrons. The van der Waals surface area contributed by atoms with Gasteiger partial charge in [-0.05, 0) is 18.1 Å². The van der Waals surface area contributed by atoms with Gasteiger partial charge in [0.2, 0.25) is 0 Å². The predicted octanol–water partition coefficient (Wildman–Crippen LogP) is 0.534. The van der Waals surface area contributed by atoms with Crippen LogP contribution < -0.4 is 10.9 Å². The molecule has 22 heavy (non-hydrogen) atoms. The lowest BCUT2D eigenvalue weighted by Gasteiger charge is -2.08. The van der Waals surface area contributed by atoms with E-state index in [-0.39, 0.29) is 24.0 Å². The van der Waals surface area contributed by atoms with Crippen molar-refractivity contribution < 1.29 is 9.90 Å². The highest BCUT2D eigenvalue weighted by Gasteiger charge is 2.16. The number of benzene rings is 1. The second kappa shape index (κ2) is 5.61. The number of fused-ring (bicyclic) bond motifs is 3. The number of H-pyrrole nitrogens is 1. The molecular weight excluding hydrogens is 284 g/mol. The molecule has 3 aromatic rings. The van der Waals surface area contributed by atoms with E-state index in [0.717, 1.165) is 0 Å². The molecule has 1 atom stereocenters. The number of hydrogen-bond donors (Lipinski definition) is 3. The maximum Gasteiger partial charge on any atom is 0.259 e. The number of amides is 1. The number of nitrogens with one attached hydrogen (secondary N) is 2. The van der Waals surface area contributed by atoms with Gasteiger partial charge in [0.25, 0.3) is 11.5 Å². The van der Waals surface area contributed by atoms with Gasteiger partial charge in [-0.1, -0.05) is 19.1 Å². The molecule has 0 saturated heterocycles. The van der Waals surface area contributed by atoms with Crippen molar-refractivity contribution in [2.45, 2.75) is 6.92 Å². The van der Waals surface area contributed by atoms with E-state index in [9.17, 15) is 9.59 Å². The minimum absolute atomic E-state index is 0.00346. The summed E-state index contributed by atoms with van der Waals surface area (Å²) in [5, 5.41) is 16.4. The first kappa shape index (κ1) is 14.3. The Morgan fingerprint density at radius 2 is 2.23 bits per heavy atom. The van der Waals surface area contributed by atoms with Gasteiger partial charge >= 0.3 is 0 Å². The zero-order valence-electron chi connectivity index (χ0n) is 12.0. The summed E-state index contributed by atoms with van der Waals surface area (Å²) in [7, 11) is 0. The van der Waals surface area contributed by atoms with Gasteiger partial charge in [-0.2, -0.15) is 5.10 Å². The SMILES string of the molecule is CC(CO)CNC(=O)c1cnn2c1[nH]c(=O)c1ccccc12. The molecule has 2 aromatic heterocycles. The molecule has 1 aromatic carbocycles. The standard InChI is InChI=1S/C15H16N4O3/c1-9(8-20)6-16-14(21)11-7-17-19-12-5-3-2-4-10(12)15(22)18-13(11)19/h2-5,7,9,20H,6,8H2,1H3,(H,16,21)(H,18,22). The molecule has 1 amide bonds. The molecule has 0 aliphatic heterocycles. The largest absolute Gasteiger partial charge is 0.396 e. The zero-order chi connectivity index (χ0) is 15.7. The highest BCUT2D eigenvalue weighted by molar-refractivity contribution is 6.00. The van der Waals surface area contributed by atoms with Crippen molar-refractivity contribution in [3.63, 3.8) is 0 Å². The van der Waals surface area contributed by atoms with Crippen molar-refractivity contribution >= 4 is 22.5 Å². The van der Waals surface area contributed by atoms with Crippen LogP contribution in [-0.4, -0.2) is 38.8 Å². The van der Waals surface area contributed by atoms with Crippen molar-refractivity contribution in [1.82, 2.24) is 19.9 Å². The third-order valence-corrected chi connectivity index (χ3v) is 3.55. The zero-order valence-corrected chi connectivity index (χ0v) is 12.0. The van der Waals surface area contributed by atoms with Crippen molar-refractivity contribution in [2.24, 2.45) is 5.92 Å². The first-order valence-corrected chi connectivity index (χ1v) is 6.99. The van der Waals surface area contributed by atoms with Gasteiger partial charge in [-0.25, -0.2) is 4.52 Å². The average molecular weight is 300 g/mol. The van der Waals surface area contributed by atoms with Crippen LogP contribution in [-0.2, 0) is 0 Å². The maximum absolute atomic E-state index is 12.2. The molecule has 0 saturated carbocycles. The second-order valence-corrected chi connectivity index (χ2v) is 5.29. The van der Waals surface area contributed by atoms with E-state index < -0.39 is 0 Å². The van der Waals surface area contributed by atoms with Crippen LogP contribution in [0.2, 0.25) is 0 Å². The van der Waals surface area contributed by atoms with E-state index in [4.69, 9.17) is 5.11 Å². The van der Waals surface area contributed by atoms with E-state index in [1.54, 1.807) is 22.7 Å². The van der Waals surface area contributed by atoms with Gasteiger partial charge in [0.1, 0.15) is 11.2 Å². The molecule has 0 bridgehead atoms. The summed E-state index contributed by atoms with van der Waals surface area (Å²) >= 11 is 0. The lowest BCUT2D eigenvalue weighted by molar-refractivity contribution is 0.0943. The number of aromatic amines is 1. The van der Waals surface area contributed by atoms with E-state index in [2.05, 4.69) is 15.4 Å². The molecule has 0 aliphatic carbocycles. The number of hydrogen-bond acceptors (Lipinski definition) is 4. The van der Waals surface area contributed by atoms with Gasteiger partial charge in [-0.15, -0.1) is 0 Å². The third kappa shape index (κ3) is 2.35. The first-order chi connectivity index (χ1) is 10.6. The Hall–Kier alpha value is -2.67. The number of aliphatic hydroxyl groups excluding tert-OH is 1. The summed E-state index contributed by atoms with van der Waals surface area (Å²) in [5.41, 5.74) is 1.04. The molecule has 0 radical (unpaired) electrons. The Kier molecular flexibility index (Phi) is 3.64. The van der Waals surface area contributed by atoms with Crippen LogP contribution in [0.5, 0.6) is 0 Å². The molecular formula is C15H16N4O3. The van der Waals surface area contributed by atoms with Crippen LogP contribution in [0.3, 0.4) is 0 Å². The molecule has 0 aliphatic rings. The van der Waals surface area contributed by atoms with E-state index in [1.807, 2.05) is 13.0 Å². The number of para-hydroxylation sites is 1. The van der Waals surface area contributed by atoms with Gasteiger partial charge in [-0.3, -0.25) is 9.59 Å². The Balaban J connectivity index is 2.05. The Morgan fingerprint density at radius 3 is 3.00 bits per heavy atom. The van der Waals surface area contributed by atoms with Crippen molar-refractivity contribution in [1.29, 1.82) is 0 Å². The summed E-state index contributed by atoms with van der Waals surface area (Å²) in [6.07, 6.45) is 1.43. The van der Waals surface area contributed by atoms with Crippen LogP contribution >= 0.6 is 0 Å². The molecule has 1 unspecified atom stereocenters. The fourth-order valence-corrected chi connectivity index (χ4v) is 2.27. The van der Waals surface area contributed by atoms with Crippen LogP contribution in [0.4, 0.5) is 0 Å². The molecule has 7 heteroatoms. The molecule has 3 N–H and O–H groups in total. The average Bonchev–Trinajstić information content (AvgIpc) is 2.96. The van der Waals surface area contributed by atoms with E-state index in [0.29, 0.717) is 28.7 Å². The number of carbonyl (C=O) groups excluding carboxylic acids is 1. The lowest BCUT2D eigenvalue weighted by Crippen LogP contribution is -2.29. The summed E-state index contributed by atoms with van der Waals surface area (Å²) in [6.45, 7) is 2.17. The van der Waals surface area contributed by atoms with Gasteiger partial charge in [0.05, 0.1) is 17.1 Å². The third-order valence-electron chi connectivity index (χ3n) is 3.55. The van der Waals surface area contributed by atoms with Crippen LogP contribution in [0.25, 0.3) is 16.6 Å². The molecule has 7 nitrogen and oxygen atoms in total. The van der Waals surface area contributed by atoms with Crippen LogP contribution in [0.1, 0.15) is 17.3 Å². The maximum atomic E-state index is 12.2. The summed E-state index contributed by atoms with van der Waals surface area (Å²) < 4.78 is 1.54. The number of carbonyl (C=O) groups is 1. The van der Waals surface area contributed by atoms with Crippen molar-refractivity contribution in [3.8, 4) is 0 Å². The van der Waals surface area contributed by atoms with Gasteiger partial charge in [0, 0.05) is 13.2 Å². The minimum Gasteiger partial charge on any atom is -0.396 e.